The van der Waals surface area contributed by atoms with Gasteiger partial charge in [-0.15, -0.1) is 0 Å². The Morgan fingerprint density at radius 1 is 1.22 bits per heavy atom. The highest BCUT2D eigenvalue weighted by molar-refractivity contribution is 4.90. The zero-order chi connectivity index (χ0) is 13.6. The zero-order valence-corrected chi connectivity index (χ0v) is 13.0. The first-order chi connectivity index (χ1) is 8.50. The SMILES string of the molecule is CCC(CC)N(CCOC1(C)CNC1)CC(C)C. The van der Waals surface area contributed by atoms with E-state index in [1.165, 1.54) is 19.4 Å². The van der Waals surface area contributed by atoms with E-state index >= 15 is 0 Å². The summed E-state index contributed by atoms with van der Waals surface area (Å²) in [6, 6.07) is 0.711. The molecule has 0 aliphatic carbocycles. The van der Waals surface area contributed by atoms with Crippen molar-refractivity contribution in [3.05, 3.63) is 0 Å². The van der Waals surface area contributed by atoms with E-state index in [0.29, 0.717) is 6.04 Å². The second kappa shape index (κ2) is 7.46. The Bertz CT molecular complexity index is 223. The molecule has 18 heavy (non-hydrogen) atoms. The minimum atomic E-state index is 0.0947. The quantitative estimate of drug-likeness (QED) is 0.686. The molecule has 0 atom stereocenters. The molecule has 108 valence electrons. The molecule has 0 spiro atoms. The Kier molecular flexibility index (Phi) is 6.61. The maximum atomic E-state index is 6.01. The molecule has 1 aliphatic heterocycles. The lowest BCUT2D eigenvalue weighted by Crippen LogP contribution is -2.59. The van der Waals surface area contributed by atoms with E-state index in [1.807, 2.05) is 0 Å². The molecule has 0 amide bonds. The molecule has 0 radical (unpaired) electrons. The minimum absolute atomic E-state index is 0.0947. The Labute approximate surface area is 113 Å². The van der Waals surface area contributed by atoms with Gasteiger partial charge in [0.15, 0.2) is 0 Å². The van der Waals surface area contributed by atoms with Crippen LogP contribution < -0.4 is 5.32 Å². The molecule has 0 unspecified atom stereocenters. The van der Waals surface area contributed by atoms with Crippen LogP contribution in [0.4, 0.5) is 0 Å². The maximum absolute atomic E-state index is 6.01. The molecule has 1 saturated heterocycles. The van der Waals surface area contributed by atoms with Gasteiger partial charge in [-0.05, 0) is 25.7 Å². The fourth-order valence-corrected chi connectivity index (χ4v) is 2.69. The van der Waals surface area contributed by atoms with Gasteiger partial charge < -0.3 is 10.1 Å². The van der Waals surface area contributed by atoms with Gasteiger partial charge >= 0.3 is 0 Å². The van der Waals surface area contributed by atoms with E-state index in [0.717, 1.165) is 32.2 Å². The number of rotatable bonds is 9. The van der Waals surface area contributed by atoms with E-state index in [9.17, 15) is 0 Å². The van der Waals surface area contributed by atoms with Crippen LogP contribution in [0.25, 0.3) is 0 Å². The molecule has 0 aromatic heterocycles. The van der Waals surface area contributed by atoms with Gasteiger partial charge in [-0.3, -0.25) is 4.90 Å². The summed E-state index contributed by atoms with van der Waals surface area (Å²) in [5.74, 6) is 0.728. The van der Waals surface area contributed by atoms with E-state index in [4.69, 9.17) is 4.74 Å². The third-order valence-corrected chi connectivity index (χ3v) is 3.89. The first kappa shape index (κ1) is 15.9. The lowest BCUT2D eigenvalue weighted by molar-refractivity contribution is -0.0752. The molecule has 0 bridgehead atoms. The Balaban J connectivity index is 2.35. The van der Waals surface area contributed by atoms with Crippen molar-refractivity contribution in [1.29, 1.82) is 0 Å². The van der Waals surface area contributed by atoms with Gasteiger partial charge in [-0.1, -0.05) is 27.7 Å². The van der Waals surface area contributed by atoms with Crippen molar-refractivity contribution in [1.82, 2.24) is 10.2 Å². The van der Waals surface area contributed by atoms with Crippen molar-refractivity contribution in [3.8, 4) is 0 Å². The molecule has 0 saturated carbocycles. The first-order valence-electron chi connectivity index (χ1n) is 7.59. The Morgan fingerprint density at radius 2 is 1.83 bits per heavy atom. The van der Waals surface area contributed by atoms with Crippen LogP contribution in [-0.2, 0) is 4.74 Å². The number of nitrogens with zero attached hydrogens (tertiary/aromatic N) is 1. The second-order valence-electron chi connectivity index (χ2n) is 6.26. The van der Waals surface area contributed by atoms with Crippen molar-refractivity contribution < 1.29 is 4.74 Å². The minimum Gasteiger partial charge on any atom is -0.371 e. The highest BCUT2D eigenvalue weighted by Gasteiger charge is 2.32. The van der Waals surface area contributed by atoms with E-state index in [2.05, 4.69) is 44.8 Å². The smallest absolute Gasteiger partial charge is 0.0902 e. The molecule has 1 aliphatic rings. The van der Waals surface area contributed by atoms with Crippen LogP contribution in [0.15, 0.2) is 0 Å². The Hall–Kier alpha value is -0.120. The van der Waals surface area contributed by atoms with Crippen LogP contribution in [-0.4, -0.2) is 49.3 Å². The fraction of sp³-hybridized carbons (Fsp3) is 1.00. The van der Waals surface area contributed by atoms with Crippen LogP contribution in [0, 0.1) is 5.92 Å². The largest absolute Gasteiger partial charge is 0.371 e. The van der Waals surface area contributed by atoms with Gasteiger partial charge in [0.05, 0.1) is 12.2 Å². The average Bonchev–Trinajstić information content (AvgIpc) is 2.27. The van der Waals surface area contributed by atoms with E-state index < -0.39 is 0 Å². The summed E-state index contributed by atoms with van der Waals surface area (Å²) in [5.41, 5.74) is 0.0947. The van der Waals surface area contributed by atoms with Crippen LogP contribution in [0.3, 0.4) is 0 Å². The number of nitrogens with one attached hydrogen (secondary N) is 1. The molecule has 1 heterocycles. The third-order valence-electron chi connectivity index (χ3n) is 3.89. The van der Waals surface area contributed by atoms with Gasteiger partial charge in [-0.25, -0.2) is 0 Å². The van der Waals surface area contributed by atoms with E-state index in [-0.39, 0.29) is 5.60 Å². The van der Waals surface area contributed by atoms with Crippen LogP contribution in [0.2, 0.25) is 0 Å². The molecule has 1 rings (SSSR count). The summed E-state index contributed by atoms with van der Waals surface area (Å²) in [5, 5.41) is 3.28. The van der Waals surface area contributed by atoms with Crippen molar-refractivity contribution in [2.24, 2.45) is 5.92 Å². The predicted octanol–water partition coefficient (Wildman–Crippen LogP) is 2.51. The van der Waals surface area contributed by atoms with Gasteiger partial charge in [0.25, 0.3) is 0 Å². The van der Waals surface area contributed by atoms with Gasteiger partial charge in [0, 0.05) is 32.2 Å². The monoisotopic (exact) mass is 256 g/mol. The van der Waals surface area contributed by atoms with Crippen molar-refractivity contribution in [2.45, 2.75) is 59.1 Å². The molecular weight excluding hydrogens is 224 g/mol. The van der Waals surface area contributed by atoms with Gasteiger partial charge in [-0.2, -0.15) is 0 Å². The van der Waals surface area contributed by atoms with Crippen LogP contribution in [0.5, 0.6) is 0 Å². The third kappa shape index (κ3) is 4.87. The molecule has 3 nitrogen and oxygen atoms in total. The molecule has 1 fully saturated rings. The fourth-order valence-electron chi connectivity index (χ4n) is 2.69. The summed E-state index contributed by atoms with van der Waals surface area (Å²) in [6.45, 7) is 16.5. The normalized spacial score (nSPS) is 18.7. The number of hydrogen-bond acceptors (Lipinski definition) is 3. The van der Waals surface area contributed by atoms with Crippen LogP contribution in [0.1, 0.15) is 47.5 Å². The Morgan fingerprint density at radius 3 is 2.22 bits per heavy atom. The lowest BCUT2D eigenvalue weighted by Gasteiger charge is -2.40. The molecule has 3 heteroatoms. The summed E-state index contributed by atoms with van der Waals surface area (Å²) < 4.78 is 6.01. The zero-order valence-electron chi connectivity index (χ0n) is 13.0. The molecule has 0 aromatic rings. The standard InChI is InChI=1S/C15H32N2O/c1-6-14(7-2)17(10-13(3)4)8-9-18-15(5)11-16-12-15/h13-14,16H,6-12H2,1-5H3. The van der Waals surface area contributed by atoms with Crippen molar-refractivity contribution in [3.63, 3.8) is 0 Å². The molecule has 1 N–H and O–H groups in total. The van der Waals surface area contributed by atoms with Gasteiger partial charge in [0.1, 0.15) is 0 Å². The number of hydrogen-bond donors (Lipinski definition) is 1. The predicted molar refractivity (Wildman–Crippen MR) is 78.0 cm³/mol. The van der Waals surface area contributed by atoms with E-state index in [1.54, 1.807) is 0 Å². The number of ether oxygens (including phenoxy) is 1. The topological polar surface area (TPSA) is 24.5 Å². The highest BCUT2D eigenvalue weighted by Crippen LogP contribution is 2.16. The maximum Gasteiger partial charge on any atom is 0.0902 e. The summed E-state index contributed by atoms with van der Waals surface area (Å²) in [4.78, 5) is 2.61. The molecule has 0 aromatic carbocycles. The second-order valence-corrected chi connectivity index (χ2v) is 6.26. The average molecular weight is 256 g/mol. The lowest BCUT2D eigenvalue weighted by atomic mass is 10.0. The van der Waals surface area contributed by atoms with Gasteiger partial charge in [0.2, 0.25) is 0 Å². The summed E-state index contributed by atoms with van der Waals surface area (Å²) in [7, 11) is 0. The van der Waals surface area contributed by atoms with Crippen molar-refractivity contribution in [2.75, 3.05) is 32.8 Å². The highest BCUT2D eigenvalue weighted by atomic mass is 16.5. The summed E-state index contributed by atoms with van der Waals surface area (Å²) in [6.07, 6.45) is 2.48. The summed E-state index contributed by atoms with van der Waals surface area (Å²) >= 11 is 0. The van der Waals surface area contributed by atoms with Crippen molar-refractivity contribution >= 4 is 0 Å². The molecular formula is C15H32N2O. The van der Waals surface area contributed by atoms with Crippen LogP contribution >= 0.6 is 0 Å². The first-order valence-corrected chi connectivity index (χ1v) is 7.59.